The lowest BCUT2D eigenvalue weighted by Crippen LogP contribution is -2.37. The molecule has 1 N–H and O–H groups in total. The minimum absolute atomic E-state index is 0.821. The van der Waals surface area contributed by atoms with E-state index in [1.165, 1.54) is 58.0 Å². The third-order valence-electron chi connectivity index (χ3n) is 3.99. The van der Waals surface area contributed by atoms with Crippen molar-refractivity contribution in [2.45, 2.75) is 64.8 Å². The SMILES string of the molecule is CC(C)CCNCCN(C)C1CCCCCC1. The number of hydrogen-bond donors (Lipinski definition) is 1. The van der Waals surface area contributed by atoms with Gasteiger partial charge in [-0.15, -0.1) is 0 Å². The highest BCUT2D eigenvalue weighted by Crippen LogP contribution is 2.20. The third-order valence-corrected chi connectivity index (χ3v) is 3.99. The molecule has 0 atom stereocenters. The highest BCUT2D eigenvalue weighted by molar-refractivity contribution is 4.72. The van der Waals surface area contributed by atoms with Gasteiger partial charge in [-0.25, -0.2) is 0 Å². The fourth-order valence-electron chi connectivity index (χ4n) is 2.65. The van der Waals surface area contributed by atoms with Gasteiger partial charge in [-0.05, 0) is 38.8 Å². The van der Waals surface area contributed by atoms with E-state index in [1.54, 1.807) is 0 Å². The van der Waals surface area contributed by atoms with Crippen LogP contribution in [0.25, 0.3) is 0 Å². The van der Waals surface area contributed by atoms with Crippen LogP contribution in [0.15, 0.2) is 0 Å². The molecule has 0 saturated heterocycles. The minimum Gasteiger partial charge on any atom is -0.315 e. The molecule has 1 aliphatic rings. The average molecular weight is 240 g/mol. The Morgan fingerprint density at radius 2 is 1.71 bits per heavy atom. The molecule has 0 radical (unpaired) electrons. The van der Waals surface area contributed by atoms with Gasteiger partial charge in [-0.1, -0.05) is 39.5 Å². The predicted octanol–water partition coefficient (Wildman–Crippen LogP) is 3.28. The molecule has 1 aliphatic carbocycles. The quantitative estimate of drug-likeness (QED) is 0.543. The molecule has 2 nitrogen and oxygen atoms in total. The normalized spacial score (nSPS) is 18.9. The van der Waals surface area contributed by atoms with Crippen molar-refractivity contribution >= 4 is 0 Å². The summed E-state index contributed by atoms with van der Waals surface area (Å²) in [7, 11) is 2.31. The summed E-state index contributed by atoms with van der Waals surface area (Å²) in [5, 5.41) is 3.56. The maximum Gasteiger partial charge on any atom is 0.0107 e. The van der Waals surface area contributed by atoms with Crippen molar-refractivity contribution in [1.29, 1.82) is 0 Å². The molecule has 1 saturated carbocycles. The number of nitrogens with zero attached hydrogens (tertiary/aromatic N) is 1. The first-order valence-corrected chi connectivity index (χ1v) is 7.61. The molecule has 0 unspecified atom stereocenters. The van der Waals surface area contributed by atoms with Crippen LogP contribution in [0.4, 0.5) is 0 Å². The summed E-state index contributed by atoms with van der Waals surface area (Å²) < 4.78 is 0. The van der Waals surface area contributed by atoms with Crippen molar-refractivity contribution in [1.82, 2.24) is 10.2 Å². The van der Waals surface area contributed by atoms with E-state index in [4.69, 9.17) is 0 Å². The zero-order valence-electron chi connectivity index (χ0n) is 12.2. The van der Waals surface area contributed by atoms with Crippen molar-refractivity contribution in [3.05, 3.63) is 0 Å². The van der Waals surface area contributed by atoms with E-state index >= 15 is 0 Å². The van der Waals surface area contributed by atoms with Crippen molar-refractivity contribution < 1.29 is 0 Å². The Hall–Kier alpha value is -0.0800. The molecule has 1 rings (SSSR count). The molecule has 1 fully saturated rings. The number of hydrogen-bond acceptors (Lipinski definition) is 2. The summed E-state index contributed by atoms with van der Waals surface area (Å²) in [6, 6.07) is 0.851. The van der Waals surface area contributed by atoms with E-state index in [0.717, 1.165) is 18.5 Å². The van der Waals surface area contributed by atoms with Gasteiger partial charge in [0.05, 0.1) is 0 Å². The van der Waals surface area contributed by atoms with Crippen LogP contribution in [-0.2, 0) is 0 Å². The zero-order valence-corrected chi connectivity index (χ0v) is 12.2. The van der Waals surface area contributed by atoms with Crippen LogP contribution in [0.2, 0.25) is 0 Å². The van der Waals surface area contributed by atoms with Gasteiger partial charge in [0, 0.05) is 19.1 Å². The Balaban J connectivity index is 2.04. The molecule has 0 bridgehead atoms. The van der Waals surface area contributed by atoms with Crippen molar-refractivity contribution in [3.8, 4) is 0 Å². The second kappa shape index (κ2) is 8.93. The second-order valence-corrected chi connectivity index (χ2v) is 6.06. The summed E-state index contributed by atoms with van der Waals surface area (Å²) in [6.45, 7) is 8.12. The van der Waals surface area contributed by atoms with Crippen LogP contribution in [0.3, 0.4) is 0 Å². The van der Waals surface area contributed by atoms with Gasteiger partial charge in [-0.2, -0.15) is 0 Å². The van der Waals surface area contributed by atoms with Crippen LogP contribution in [0.5, 0.6) is 0 Å². The van der Waals surface area contributed by atoms with Crippen LogP contribution in [0, 0.1) is 5.92 Å². The number of rotatable bonds is 7. The first-order valence-electron chi connectivity index (χ1n) is 7.61. The Labute approximate surface area is 108 Å². The molecule has 0 aromatic rings. The van der Waals surface area contributed by atoms with E-state index < -0.39 is 0 Å². The molecular formula is C15H32N2. The van der Waals surface area contributed by atoms with E-state index in [2.05, 4.69) is 31.1 Å². The first kappa shape index (κ1) is 15.0. The Morgan fingerprint density at radius 3 is 2.29 bits per heavy atom. The monoisotopic (exact) mass is 240 g/mol. The topological polar surface area (TPSA) is 15.3 Å². The second-order valence-electron chi connectivity index (χ2n) is 6.06. The largest absolute Gasteiger partial charge is 0.315 e. The summed E-state index contributed by atoms with van der Waals surface area (Å²) in [5.74, 6) is 0.821. The van der Waals surface area contributed by atoms with E-state index in [0.29, 0.717) is 0 Å². The fraction of sp³-hybridized carbons (Fsp3) is 1.00. The molecule has 102 valence electrons. The maximum absolute atomic E-state index is 3.56. The molecule has 0 aromatic heterocycles. The molecule has 0 aromatic carbocycles. The van der Waals surface area contributed by atoms with Crippen LogP contribution < -0.4 is 5.32 Å². The Morgan fingerprint density at radius 1 is 1.06 bits per heavy atom. The maximum atomic E-state index is 3.56. The van der Waals surface area contributed by atoms with E-state index in [9.17, 15) is 0 Å². The fourth-order valence-corrected chi connectivity index (χ4v) is 2.65. The highest BCUT2D eigenvalue weighted by Gasteiger charge is 2.15. The minimum atomic E-state index is 0.821. The average Bonchev–Trinajstić information content (AvgIpc) is 2.56. The predicted molar refractivity (Wildman–Crippen MR) is 76.4 cm³/mol. The smallest absolute Gasteiger partial charge is 0.0107 e. The van der Waals surface area contributed by atoms with Gasteiger partial charge in [0.25, 0.3) is 0 Å². The molecule has 0 spiro atoms. The molecule has 17 heavy (non-hydrogen) atoms. The van der Waals surface area contributed by atoms with Gasteiger partial charge in [0.15, 0.2) is 0 Å². The number of likely N-dealkylation sites (N-methyl/N-ethyl adjacent to an activating group) is 1. The molecule has 0 amide bonds. The first-order chi connectivity index (χ1) is 8.20. The van der Waals surface area contributed by atoms with Crippen LogP contribution in [0.1, 0.15) is 58.8 Å². The molecular weight excluding hydrogens is 208 g/mol. The molecule has 2 heteroatoms. The van der Waals surface area contributed by atoms with Crippen LogP contribution >= 0.6 is 0 Å². The Bertz CT molecular complexity index is 172. The van der Waals surface area contributed by atoms with Gasteiger partial charge in [-0.3, -0.25) is 0 Å². The highest BCUT2D eigenvalue weighted by atomic mass is 15.1. The van der Waals surface area contributed by atoms with E-state index in [-0.39, 0.29) is 0 Å². The lowest BCUT2D eigenvalue weighted by atomic mass is 10.1. The molecule has 0 heterocycles. The van der Waals surface area contributed by atoms with Gasteiger partial charge in [0.2, 0.25) is 0 Å². The van der Waals surface area contributed by atoms with Gasteiger partial charge < -0.3 is 10.2 Å². The summed E-state index contributed by atoms with van der Waals surface area (Å²) in [6.07, 6.45) is 9.93. The third kappa shape index (κ3) is 7.05. The summed E-state index contributed by atoms with van der Waals surface area (Å²) in [4.78, 5) is 2.58. The lowest BCUT2D eigenvalue weighted by molar-refractivity contribution is 0.221. The van der Waals surface area contributed by atoms with Crippen molar-refractivity contribution in [2.75, 3.05) is 26.7 Å². The van der Waals surface area contributed by atoms with E-state index in [1.807, 2.05) is 0 Å². The molecule has 0 aliphatic heterocycles. The van der Waals surface area contributed by atoms with Crippen LogP contribution in [-0.4, -0.2) is 37.6 Å². The lowest BCUT2D eigenvalue weighted by Gasteiger charge is -2.27. The summed E-state index contributed by atoms with van der Waals surface area (Å²) in [5.41, 5.74) is 0. The standard InChI is InChI=1S/C15H32N2/c1-14(2)10-11-16-12-13-17(3)15-8-6-4-5-7-9-15/h14-16H,4-13H2,1-3H3. The van der Waals surface area contributed by atoms with Gasteiger partial charge >= 0.3 is 0 Å². The van der Waals surface area contributed by atoms with Crippen molar-refractivity contribution in [2.24, 2.45) is 5.92 Å². The Kier molecular flexibility index (Phi) is 7.87. The van der Waals surface area contributed by atoms with Gasteiger partial charge in [0.1, 0.15) is 0 Å². The zero-order chi connectivity index (χ0) is 12.5. The van der Waals surface area contributed by atoms with Crippen molar-refractivity contribution in [3.63, 3.8) is 0 Å². The number of nitrogens with one attached hydrogen (secondary N) is 1. The summed E-state index contributed by atoms with van der Waals surface area (Å²) >= 11 is 0.